The molecule has 2 atom stereocenters. The van der Waals surface area contributed by atoms with Crippen molar-refractivity contribution in [1.29, 1.82) is 0 Å². The van der Waals surface area contributed by atoms with Gasteiger partial charge in [0.05, 0.1) is 5.69 Å². The molecule has 0 spiro atoms. The van der Waals surface area contributed by atoms with E-state index in [0.29, 0.717) is 5.69 Å². The van der Waals surface area contributed by atoms with Gasteiger partial charge in [-0.15, -0.1) is 0 Å². The van der Waals surface area contributed by atoms with Crippen LogP contribution in [-0.2, 0) is 14.8 Å². The third-order valence-corrected chi connectivity index (χ3v) is 5.12. The second kappa shape index (κ2) is 5.56. The van der Waals surface area contributed by atoms with E-state index in [-0.39, 0.29) is 6.54 Å². The zero-order chi connectivity index (χ0) is 15.7. The van der Waals surface area contributed by atoms with Crippen molar-refractivity contribution in [1.82, 2.24) is 10.6 Å². The number of hydrogen-bond donors (Lipinski definition) is 4. The monoisotopic (exact) mass is 321 g/mol. The Hall–Kier alpha value is -2.16. The predicted molar refractivity (Wildman–Crippen MR) is 82.4 cm³/mol. The molecule has 4 N–H and O–H groups in total. The summed E-state index contributed by atoms with van der Waals surface area (Å²) in [4.78, 5) is 11.8. The molecule has 0 saturated carbocycles. The number of fused-ring (bicyclic) bond motifs is 1. The molecule has 0 aliphatic carbocycles. The van der Waals surface area contributed by atoms with E-state index in [1.165, 1.54) is 0 Å². The Morgan fingerprint density at radius 1 is 1.14 bits per heavy atom. The number of aliphatic hydroxyl groups is 1. The first kappa shape index (κ1) is 14.8. The average Bonchev–Trinajstić information content (AvgIpc) is 2.47. The standard InChI is InChI=1S/C14H15N3O4S/c18-13-12(8-15-14(19)16-13)22(20,21)17-11-7-3-5-9-4-1-2-6-10(9)11/h1-7,12,14-15,17,19H,8H2,(H,16,18). The summed E-state index contributed by atoms with van der Waals surface area (Å²) in [7, 11) is -3.94. The van der Waals surface area contributed by atoms with E-state index in [4.69, 9.17) is 0 Å². The fraction of sp³-hybridized carbons (Fsp3) is 0.214. The van der Waals surface area contributed by atoms with Crippen LogP contribution in [0.15, 0.2) is 42.5 Å². The molecule has 2 unspecified atom stereocenters. The van der Waals surface area contributed by atoms with Gasteiger partial charge in [0.25, 0.3) is 0 Å². The Morgan fingerprint density at radius 3 is 2.64 bits per heavy atom. The van der Waals surface area contributed by atoms with Gasteiger partial charge in [-0.3, -0.25) is 14.8 Å². The Balaban J connectivity index is 1.92. The van der Waals surface area contributed by atoms with Gasteiger partial charge >= 0.3 is 0 Å². The maximum atomic E-state index is 12.4. The molecule has 2 aromatic rings. The van der Waals surface area contributed by atoms with Crippen LogP contribution in [0.3, 0.4) is 0 Å². The van der Waals surface area contributed by atoms with Gasteiger partial charge in [0.15, 0.2) is 11.6 Å². The molecule has 1 aliphatic rings. The summed E-state index contributed by atoms with van der Waals surface area (Å²) in [6.07, 6.45) is -1.23. The van der Waals surface area contributed by atoms with Crippen LogP contribution in [0.4, 0.5) is 5.69 Å². The van der Waals surface area contributed by atoms with E-state index in [1.807, 2.05) is 24.3 Å². The lowest BCUT2D eigenvalue weighted by atomic mass is 10.1. The largest absolute Gasteiger partial charge is 0.361 e. The zero-order valence-corrected chi connectivity index (χ0v) is 12.3. The number of benzene rings is 2. The normalized spacial score (nSPS) is 22.3. The van der Waals surface area contributed by atoms with E-state index in [9.17, 15) is 18.3 Å². The van der Waals surface area contributed by atoms with Crippen molar-refractivity contribution in [2.45, 2.75) is 11.6 Å². The average molecular weight is 321 g/mol. The lowest BCUT2D eigenvalue weighted by Gasteiger charge is -2.27. The minimum Gasteiger partial charge on any atom is -0.361 e. The number of hydrogen-bond acceptors (Lipinski definition) is 5. The molecule has 1 amide bonds. The summed E-state index contributed by atoms with van der Waals surface area (Å²) in [5.74, 6) is -0.737. The zero-order valence-electron chi connectivity index (χ0n) is 11.5. The van der Waals surface area contributed by atoms with Crippen LogP contribution < -0.4 is 15.4 Å². The number of rotatable bonds is 3. The molecule has 22 heavy (non-hydrogen) atoms. The minimum atomic E-state index is -3.94. The Kier molecular flexibility index (Phi) is 3.73. The van der Waals surface area contributed by atoms with Crippen molar-refractivity contribution in [3.8, 4) is 0 Å². The third-order valence-electron chi connectivity index (χ3n) is 3.48. The molecule has 2 aromatic carbocycles. The van der Waals surface area contributed by atoms with Gasteiger partial charge in [0, 0.05) is 11.9 Å². The third kappa shape index (κ3) is 2.76. The fourth-order valence-corrected chi connectivity index (χ4v) is 3.67. The van der Waals surface area contributed by atoms with Gasteiger partial charge in [-0.1, -0.05) is 36.4 Å². The molecule has 0 aromatic heterocycles. The maximum absolute atomic E-state index is 12.4. The van der Waals surface area contributed by atoms with Crippen molar-refractivity contribution in [3.63, 3.8) is 0 Å². The number of carbonyl (C=O) groups excluding carboxylic acids is 1. The Labute approximate surface area is 127 Å². The SMILES string of the molecule is O=C1NC(O)NCC1S(=O)(=O)Nc1cccc2ccccc12. The smallest absolute Gasteiger partial charge is 0.246 e. The van der Waals surface area contributed by atoms with Gasteiger partial charge in [0.2, 0.25) is 15.9 Å². The lowest BCUT2D eigenvalue weighted by molar-refractivity contribution is -0.126. The molecule has 1 fully saturated rings. The minimum absolute atomic E-state index is 0.160. The Morgan fingerprint density at radius 2 is 1.86 bits per heavy atom. The maximum Gasteiger partial charge on any atom is 0.246 e. The summed E-state index contributed by atoms with van der Waals surface area (Å²) in [5, 5.41) is 14.2. The highest BCUT2D eigenvalue weighted by molar-refractivity contribution is 7.94. The molecule has 8 heteroatoms. The topological polar surface area (TPSA) is 108 Å². The first-order valence-electron chi connectivity index (χ1n) is 6.68. The van der Waals surface area contributed by atoms with Crippen molar-refractivity contribution >= 4 is 32.4 Å². The van der Waals surface area contributed by atoms with Crippen molar-refractivity contribution in [2.24, 2.45) is 0 Å². The van der Waals surface area contributed by atoms with Crippen LogP contribution in [0, 0.1) is 0 Å². The molecule has 1 aliphatic heterocycles. The van der Waals surface area contributed by atoms with Gasteiger partial charge < -0.3 is 10.4 Å². The van der Waals surface area contributed by atoms with Crippen molar-refractivity contribution in [3.05, 3.63) is 42.5 Å². The van der Waals surface area contributed by atoms with Gasteiger partial charge in [-0.25, -0.2) is 8.42 Å². The number of anilines is 1. The summed E-state index contributed by atoms with van der Waals surface area (Å²) in [5.41, 5.74) is 0.414. The molecule has 1 saturated heterocycles. The Bertz CT molecular complexity index is 816. The lowest BCUT2D eigenvalue weighted by Crippen LogP contribution is -2.61. The summed E-state index contributed by atoms with van der Waals surface area (Å²) in [6.45, 7) is -0.160. The molecule has 0 radical (unpaired) electrons. The molecule has 3 rings (SSSR count). The predicted octanol–water partition coefficient (Wildman–Crippen LogP) is -0.0546. The second-order valence-electron chi connectivity index (χ2n) is 4.98. The molecular formula is C14H15N3O4S. The number of nitrogens with one attached hydrogen (secondary N) is 3. The van der Waals surface area contributed by atoms with Crippen molar-refractivity contribution < 1.29 is 18.3 Å². The van der Waals surface area contributed by atoms with Crippen LogP contribution in [0.25, 0.3) is 10.8 Å². The van der Waals surface area contributed by atoms with Crippen LogP contribution in [-0.4, -0.2) is 37.6 Å². The van der Waals surface area contributed by atoms with E-state index < -0.39 is 27.5 Å². The number of aliphatic hydroxyl groups excluding tert-OH is 1. The van der Waals surface area contributed by atoms with E-state index in [2.05, 4.69) is 15.4 Å². The highest BCUT2D eigenvalue weighted by Gasteiger charge is 2.37. The molecular weight excluding hydrogens is 306 g/mol. The summed E-state index contributed by atoms with van der Waals surface area (Å²) < 4.78 is 27.3. The highest BCUT2D eigenvalue weighted by Crippen LogP contribution is 2.24. The van der Waals surface area contributed by atoms with E-state index >= 15 is 0 Å². The van der Waals surface area contributed by atoms with Gasteiger partial charge in [-0.05, 0) is 11.5 Å². The molecule has 116 valence electrons. The van der Waals surface area contributed by atoms with Crippen molar-refractivity contribution in [2.75, 3.05) is 11.3 Å². The quantitative estimate of drug-likeness (QED) is 0.634. The fourth-order valence-electron chi connectivity index (χ4n) is 2.38. The van der Waals surface area contributed by atoms with Crippen LogP contribution in [0.1, 0.15) is 0 Å². The first-order valence-corrected chi connectivity index (χ1v) is 8.23. The summed E-state index contributed by atoms with van der Waals surface area (Å²) >= 11 is 0. The molecule has 7 nitrogen and oxygen atoms in total. The van der Waals surface area contributed by atoms with E-state index in [0.717, 1.165) is 10.8 Å². The van der Waals surface area contributed by atoms with Crippen LogP contribution >= 0.6 is 0 Å². The number of sulfonamides is 1. The second-order valence-corrected chi connectivity index (χ2v) is 6.84. The molecule has 0 bridgehead atoms. The van der Waals surface area contributed by atoms with Crippen LogP contribution in [0.2, 0.25) is 0 Å². The van der Waals surface area contributed by atoms with Gasteiger partial charge in [-0.2, -0.15) is 0 Å². The first-order chi connectivity index (χ1) is 10.5. The van der Waals surface area contributed by atoms with E-state index in [1.54, 1.807) is 18.2 Å². The number of amides is 1. The highest BCUT2D eigenvalue weighted by atomic mass is 32.2. The van der Waals surface area contributed by atoms with Crippen LogP contribution in [0.5, 0.6) is 0 Å². The van der Waals surface area contributed by atoms with Gasteiger partial charge in [0.1, 0.15) is 0 Å². The number of carbonyl (C=O) groups is 1. The molecule has 1 heterocycles. The summed E-state index contributed by atoms with van der Waals surface area (Å²) in [6, 6.07) is 12.6.